The number of hydrogen-bond donors (Lipinski definition) is 1. The first-order valence-electron chi connectivity index (χ1n) is 12.3. The lowest BCUT2D eigenvalue weighted by atomic mass is 10.1. The molecule has 0 spiro atoms. The first kappa shape index (κ1) is 24.1. The van der Waals surface area contributed by atoms with E-state index in [0.29, 0.717) is 28.9 Å². The number of nitriles is 1. The van der Waals surface area contributed by atoms with Gasteiger partial charge >= 0.3 is 0 Å². The Morgan fingerprint density at radius 2 is 1.95 bits per heavy atom. The molecule has 0 radical (unpaired) electrons. The van der Waals surface area contributed by atoms with Gasteiger partial charge in [0.1, 0.15) is 18.2 Å². The zero-order valence-corrected chi connectivity index (χ0v) is 22.3. The van der Waals surface area contributed by atoms with E-state index in [1.807, 2.05) is 23.6 Å². The van der Waals surface area contributed by atoms with Gasteiger partial charge in [0.2, 0.25) is 0 Å². The quantitative estimate of drug-likeness (QED) is 0.395. The summed E-state index contributed by atoms with van der Waals surface area (Å²) >= 11 is 3.80. The first-order chi connectivity index (χ1) is 17.9. The Balaban J connectivity index is 1.34. The molecule has 1 aromatic carbocycles. The summed E-state index contributed by atoms with van der Waals surface area (Å²) in [6, 6.07) is 12.3. The van der Waals surface area contributed by atoms with Crippen LogP contribution in [0.2, 0.25) is 0 Å². The maximum Gasteiger partial charge on any atom is 0.163 e. The fourth-order valence-corrected chi connectivity index (χ4v) is 5.61. The molecule has 2 saturated heterocycles. The number of halogens is 1. The van der Waals surface area contributed by atoms with E-state index in [4.69, 9.17) is 9.72 Å². The zero-order chi connectivity index (χ0) is 25.7. The minimum atomic E-state index is -0.751. The normalized spacial score (nSPS) is 17.6. The van der Waals surface area contributed by atoms with Crippen molar-refractivity contribution in [3.8, 4) is 17.7 Å². The van der Waals surface area contributed by atoms with Gasteiger partial charge in [-0.2, -0.15) is 10.4 Å². The van der Waals surface area contributed by atoms with Crippen LogP contribution in [-0.4, -0.2) is 79.8 Å². The summed E-state index contributed by atoms with van der Waals surface area (Å²) < 4.78 is 9.90. The molecule has 0 aliphatic carbocycles. The molecular weight excluding hydrogens is 536 g/mol. The van der Waals surface area contributed by atoms with Gasteiger partial charge in [-0.3, -0.25) is 9.47 Å². The Morgan fingerprint density at radius 1 is 1.16 bits per heavy atom. The molecule has 190 valence electrons. The Bertz CT molecular complexity index is 1510. The number of hydrogen-bond acceptors (Lipinski definition) is 8. The smallest absolute Gasteiger partial charge is 0.163 e. The fourth-order valence-electron chi connectivity index (χ4n) is 5.03. The fraction of sp³-hybridized carbons (Fsp3) is 0.385. The topological polar surface area (TPSA) is 108 Å². The van der Waals surface area contributed by atoms with Crippen LogP contribution in [0.5, 0.6) is 0 Å². The van der Waals surface area contributed by atoms with E-state index in [1.165, 1.54) is 0 Å². The van der Waals surface area contributed by atoms with E-state index in [0.717, 1.165) is 66.3 Å². The number of pyridine rings is 1. The number of imidazole rings is 1. The summed E-state index contributed by atoms with van der Waals surface area (Å²) in [5.74, 6) is 1.13. The molecule has 5 heterocycles. The van der Waals surface area contributed by atoms with E-state index >= 15 is 0 Å². The summed E-state index contributed by atoms with van der Waals surface area (Å²) in [5.41, 5.74) is 4.61. The molecule has 0 saturated carbocycles. The van der Waals surface area contributed by atoms with Gasteiger partial charge in [0.15, 0.2) is 11.5 Å². The van der Waals surface area contributed by atoms with Crippen molar-refractivity contribution < 1.29 is 9.84 Å². The molecule has 1 N–H and O–H groups in total. The lowest BCUT2D eigenvalue weighted by molar-refractivity contribution is -0.0660. The highest BCUT2D eigenvalue weighted by atomic mass is 79.9. The summed E-state index contributed by atoms with van der Waals surface area (Å²) in [7, 11) is 0. The van der Waals surface area contributed by atoms with E-state index < -0.39 is 6.10 Å². The van der Waals surface area contributed by atoms with Crippen LogP contribution < -0.4 is 4.90 Å². The third-order valence-corrected chi connectivity index (χ3v) is 7.83. The van der Waals surface area contributed by atoms with Gasteiger partial charge < -0.3 is 14.7 Å². The van der Waals surface area contributed by atoms with Crippen molar-refractivity contribution in [2.45, 2.75) is 26.0 Å². The lowest BCUT2D eigenvalue weighted by Crippen LogP contribution is -2.56. The summed E-state index contributed by atoms with van der Waals surface area (Å²) in [6.45, 7) is 9.21. The van der Waals surface area contributed by atoms with Crippen molar-refractivity contribution >= 4 is 32.7 Å². The molecule has 0 amide bonds. The number of aliphatic hydroxyl groups is 1. The van der Waals surface area contributed by atoms with E-state index in [1.54, 1.807) is 24.0 Å². The van der Waals surface area contributed by atoms with Crippen molar-refractivity contribution in [2.24, 2.45) is 0 Å². The van der Waals surface area contributed by atoms with Crippen molar-refractivity contribution in [1.82, 2.24) is 29.2 Å². The predicted molar refractivity (Wildman–Crippen MR) is 142 cm³/mol. The number of nitrogens with zero attached hydrogens (tertiary/aromatic N) is 8. The van der Waals surface area contributed by atoms with Crippen LogP contribution in [0.25, 0.3) is 22.7 Å². The highest BCUT2D eigenvalue weighted by Crippen LogP contribution is 2.33. The largest absolute Gasteiger partial charge is 0.389 e. The van der Waals surface area contributed by atoms with Crippen molar-refractivity contribution in [3.63, 3.8) is 0 Å². The molecule has 2 aliphatic heterocycles. The number of piperazine rings is 1. The average molecular weight is 563 g/mol. The maximum atomic E-state index is 10.4. The average Bonchev–Trinajstić information content (AvgIpc) is 3.45. The molecule has 3 aromatic heterocycles. The Morgan fingerprint density at radius 3 is 2.59 bits per heavy atom. The van der Waals surface area contributed by atoms with E-state index in [-0.39, 0.29) is 0 Å². The molecule has 0 bridgehead atoms. The Labute approximate surface area is 222 Å². The highest BCUT2D eigenvalue weighted by molar-refractivity contribution is 9.10. The number of fused-ring (bicyclic) bond motifs is 1. The highest BCUT2D eigenvalue weighted by Gasteiger charge is 2.29. The second-order valence-electron chi connectivity index (χ2n) is 9.57. The molecule has 1 unspecified atom stereocenters. The number of benzene rings is 1. The Kier molecular flexibility index (Phi) is 6.20. The molecule has 2 aliphatic rings. The van der Waals surface area contributed by atoms with Crippen LogP contribution in [-0.2, 0) is 4.74 Å². The lowest BCUT2D eigenvalue weighted by Gasteiger charge is -2.43. The predicted octanol–water partition coefficient (Wildman–Crippen LogP) is 3.12. The molecular formula is C26H27BrN8O2. The summed E-state index contributed by atoms with van der Waals surface area (Å²) in [5, 5.41) is 24.0. The van der Waals surface area contributed by atoms with Crippen molar-refractivity contribution in [2.75, 3.05) is 44.3 Å². The Hall–Kier alpha value is -3.30. The second kappa shape index (κ2) is 9.54. The van der Waals surface area contributed by atoms with Gasteiger partial charge in [0.25, 0.3) is 0 Å². The van der Waals surface area contributed by atoms with Crippen LogP contribution >= 0.6 is 15.9 Å². The molecule has 37 heavy (non-hydrogen) atoms. The third-order valence-electron chi connectivity index (χ3n) is 7.20. The van der Waals surface area contributed by atoms with Crippen LogP contribution in [0.3, 0.4) is 0 Å². The second-order valence-corrected chi connectivity index (χ2v) is 10.4. The van der Waals surface area contributed by atoms with Gasteiger partial charge in [0, 0.05) is 41.9 Å². The minimum Gasteiger partial charge on any atom is -0.389 e. The van der Waals surface area contributed by atoms with Crippen LogP contribution in [0.4, 0.5) is 5.69 Å². The number of aryl methyl sites for hydroxylation is 1. The van der Waals surface area contributed by atoms with Crippen molar-refractivity contribution in [1.29, 1.82) is 5.26 Å². The van der Waals surface area contributed by atoms with Crippen LogP contribution in [0.15, 0.2) is 41.1 Å². The molecule has 1 atom stereocenters. The van der Waals surface area contributed by atoms with Gasteiger partial charge in [-0.15, -0.1) is 0 Å². The third kappa shape index (κ3) is 4.30. The number of aliphatic hydroxyl groups excluding tert-OH is 1. The zero-order valence-electron chi connectivity index (χ0n) is 20.7. The SMILES string of the molecule is Cc1cc(C#N)nn1-c1nc(-n2cnc3cc(N4CCN(C5COC5)CC4)c(Br)cc32)ccc1C(C)O. The standard InChI is InChI=1S/C26H27BrN8O2/c1-16-9-18(12-28)31-35(16)26-20(17(2)36)3-4-25(30-26)34-15-29-22-11-23(21(27)10-24(22)34)33-7-5-32(6-8-33)19-13-37-14-19/h3-4,9-11,15,17,19,36H,5-8,13-14H2,1-2H3. The molecule has 11 heteroatoms. The van der Waals surface area contributed by atoms with Crippen LogP contribution in [0, 0.1) is 18.3 Å². The maximum absolute atomic E-state index is 10.4. The number of anilines is 1. The molecule has 2 fully saturated rings. The van der Waals surface area contributed by atoms with Gasteiger partial charge in [-0.1, -0.05) is 0 Å². The van der Waals surface area contributed by atoms with Gasteiger partial charge in [0.05, 0.1) is 42.1 Å². The van der Waals surface area contributed by atoms with E-state index in [2.05, 4.69) is 54.0 Å². The monoisotopic (exact) mass is 562 g/mol. The number of aromatic nitrogens is 5. The van der Waals surface area contributed by atoms with Gasteiger partial charge in [-0.25, -0.2) is 14.6 Å². The molecule has 6 rings (SSSR count). The van der Waals surface area contributed by atoms with Crippen LogP contribution in [0.1, 0.15) is 30.0 Å². The summed E-state index contributed by atoms with van der Waals surface area (Å²) in [4.78, 5) is 14.5. The molecule has 4 aromatic rings. The van der Waals surface area contributed by atoms with Gasteiger partial charge in [-0.05, 0) is 60.1 Å². The number of ether oxygens (including phenoxy) is 1. The summed E-state index contributed by atoms with van der Waals surface area (Å²) in [6.07, 6.45) is 1.01. The number of rotatable bonds is 5. The molecule has 10 nitrogen and oxygen atoms in total. The van der Waals surface area contributed by atoms with E-state index in [9.17, 15) is 10.4 Å². The van der Waals surface area contributed by atoms with Crippen molar-refractivity contribution in [3.05, 3.63) is 58.1 Å². The minimum absolute atomic E-state index is 0.299. The first-order valence-corrected chi connectivity index (χ1v) is 13.1.